The number of carbonyl (C=O) groups is 1. The van der Waals surface area contributed by atoms with Crippen molar-refractivity contribution in [1.29, 1.82) is 0 Å². The Morgan fingerprint density at radius 2 is 0.913 bits per heavy atom. The van der Waals surface area contributed by atoms with Crippen molar-refractivity contribution >= 4 is 5.97 Å². The SMILES string of the molecule is O=C(O)C(F)CCCCCCCCCCCCCCCC(F)F. The molecule has 0 aliphatic heterocycles. The molecule has 0 saturated carbocycles. The van der Waals surface area contributed by atoms with Gasteiger partial charge in [0.2, 0.25) is 6.43 Å². The Labute approximate surface area is 138 Å². The lowest BCUT2D eigenvalue weighted by atomic mass is 10.0. The number of hydrogen-bond donors (Lipinski definition) is 1. The maximum absolute atomic E-state index is 12.8. The second-order valence-corrected chi connectivity index (χ2v) is 6.37. The third kappa shape index (κ3) is 17.4. The van der Waals surface area contributed by atoms with E-state index in [2.05, 4.69) is 0 Å². The number of unbranched alkanes of at least 4 members (excludes halogenated alkanes) is 12. The molecule has 0 rings (SSSR count). The van der Waals surface area contributed by atoms with Crippen LogP contribution in [0.4, 0.5) is 13.2 Å². The van der Waals surface area contributed by atoms with Crippen LogP contribution in [0, 0.1) is 0 Å². The molecule has 5 heteroatoms. The molecule has 0 fully saturated rings. The monoisotopic (exact) mass is 338 g/mol. The summed E-state index contributed by atoms with van der Waals surface area (Å²) in [7, 11) is 0. The molecule has 0 saturated heterocycles. The first-order valence-corrected chi connectivity index (χ1v) is 9.19. The van der Waals surface area contributed by atoms with E-state index in [1.54, 1.807) is 0 Å². The van der Waals surface area contributed by atoms with E-state index in [0.717, 1.165) is 38.5 Å². The van der Waals surface area contributed by atoms with Crippen LogP contribution in [0.3, 0.4) is 0 Å². The van der Waals surface area contributed by atoms with E-state index in [9.17, 15) is 18.0 Å². The minimum absolute atomic E-state index is 0.0439. The molecule has 23 heavy (non-hydrogen) atoms. The van der Waals surface area contributed by atoms with E-state index >= 15 is 0 Å². The predicted octanol–water partition coefficient (Wildman–Crippen LogP) is 6.53. The molecule has 1 unspecified atom stereocenters. The lowest BCUT2D eigenvalue weighted by molar-refractivity contribution is -0.143. The summed E-state index contributed by atoms with van der Waals surface area (Å²) in [4.78, 5) is 10.3. The summed E-state index contributed by atoms with van der Waals surface area (Å²) in [5, 5.41) is 8.40. The molecule has 138 valence electrons. The van der Waals surface area contributed by atoms with Gasteiger partial charge in [0.1, 0.15) is 0 Å². The van der Waals surface area contributed by atoms with Gasteiger partial charge in [-0.1, -0.05) is 70.6 Å². The zero-order chi connectivity index (χ0) is 17.3. The van der Waals surface area contributed by atoms with E-state index in [4.69, 9.17) is 5.11 Å². The van der Waals surface area contributed by atoms with Crippen molar-refractivity contribution in [3.05, 3.63) is 0 Å². The highest BCUT2D eigenvalue weighted by molar-refractivity contribution is 5.71. The zero-order valence-electron chi connectivity index (χ0n) is 14.3. The first-order valence-electron chi connectivity index (χ1n) is 9.19. The van der Waals surface area contributed by atoms with Crippen molar-refractivity contribution < 1.29 is 23.1 Å². The summed E-state index contributed by atoms with van der Waals surface area (Å²) < 4.78 is 36.6. The molecule has 0 bridgehead atoms. The van der Waals surface area contributed by atoms with Crippen molar-refractivity contribution in [3.63, 3.8) is 0 Å². The summed E-state index contributed by atoms with van der Waals surface area (Å²) in [5.41, 5.74) is 0. The van der Waals surface area contributed by atoms with Gasteiger partial charge in [0, 0.05) is 6.42 Å². The maximum atomic E-state index is 12.8. The molecule has 0 aromatic carbocycles. The van der Waals surface area contributed by atoms with Gasteiger partial charge < -0.3 is 5.11 Å². The normalized spacial score (nSPS) is 12.7. The lowest BCUT2D eigenvalue weighted by Gasteiger charge is -2.04. The highest BCUT2D eigenvalue weighted by Gasteiger charge is 2.13. The van der Waals surface area contributed by atoms with Crippen LogP contribution >= 0.6 is 0 Å². The molecule has 0 aromatic heterocycles. The van der Waals surface area contributed by atoms with Crippen LogP contribution in [0.5, 0.6) is 0 Å². The van der Waals surface area contributed by atoms with E-state index < -0.39 is 18.6 Å². The third-order valence-corrected chi connectivity index (χ3v) is 4.15. The van der Waals surface area contributed by atoms with Crippen molar-refractivity contribution in [2.24, 2.45) is 0 Å². The van der Waals surface area contributed by atoms with Gasteiger partial charge in [-0.2, -0.15) is 0 Å². The van der Waals surface area contributed by atoms with Crippen LogP contribution in [0.2, 0.25) is 0 Å². The Morgan fingerprint density at radius 1 is 0.609 bits per heavy atom. The maximum Gasteiger partial charge on any atom is 0.338 e. The summed E-state index contributed by atoms with van der Waals surface area (Å²) >= 11 is 0. The second-order valence-electron chi connectivity index (χ2n) is 6.37. The fourth-order valence-corrected chi connectivity index (χ4v) is 2.69. The molecule has 2 nitrogen and oxygen atoms in total. The lowest BCUT2D eigenvalue weighted by Crippen LogP contribution is -2.13. The number of carboxylic acid groups (broad SMARTS) is 1. The smallest absolute Gasteiger partial charge is 0.338 e. The summed E-state index contributed by atoms with van der Waals surface area (Å²) in [6.07, 6.45) is 9.90. The zero-order valence-corrected chi connectivity index (χ0v) is 14.3. The van der Waals surface area contributed by atoms with Crippen LogP contribution in [0.25, 0.3) is 0 Å². The molecular weight excluding hydrogens is 305 g/mol. The summed E-state index contributed by atoms with van der Waals surface area (Å²) in [5.74, 6) is -1.35. The minimum atomic E-state index is -2.15. The molecular formula is C18H33F3O2. The van der Waals surface area contributed by atoms with Gasteiger partial charge in [-0.05, 0) is 19.3 Å². The number of aliphatic carboxylic acids is 1. The largest absolute Gasteiger partial charge is 0.479 e. The van der Waals surface area contributed by atoms with Crippen LogP contribution < -0.4 is 0 Å². The first-order chi connectivity index (χ1) is 11.0. The standard InChI is InChI=1S/C18H33F3O2/c19-16(18(22)23)14-12-10-8-6-4-2-1-3-5-7-9-11-13-15-17(20)21/h16-17H,1-15H2,(H,22,23). The van der Waals surface area contributed by atoms with Crippen molar-refractivity contribution in [1.82, 2.24) is 0 Å². The number of carboxylic acids is 1. The fraction of sp³-hybridized carbons (Fsp3) is 0.944. The van der Waals surface area contributed by atoms with Crippen LogP contribution in [0.1, 0.15) is 96.3 Å². The van der Waals surface area contributed by atoms with Gasteiger partial charge in [-0.15, -0.1) is 0 Å². The molecule has 0 aromatic rings. The summed E-state index contributed by atoms with van der Waals surface area (Å²) in [6, 6.07) is 0. The fourth-order valence-electron chi connectivity index (χ4n) is 2.69. The van der Waals surface area contributed by atoms with E-state index in [1.165, 1.54) is 32.1 Å². The quantitative estimate of drug-likeness (QED) is 0.306. The van der Waals surface area contributed by atoms with Crippen LogP contribution in [-0.4, -0.2) is 23.7 Å². The number of halogens is 3. The van der Waals surface area contributed by atoms with E-state index in [-0.39, 0.29) is 12.8 Å². The molecule has 0 radical (unpaired) electrons. The minimum Gasteiger partial charge on any atom is -0.479 e. The molecule has 0 heterocycles. The van der Waals surface area contributed by atoms with Crippen molar-refractivity contribution in [2.75, 3.05) is 0 Å². The molecule has 0 aliphatic rings. The average Bonchev–Trinajstić information content (AvgIpc) is 2.50. The predicted molar refractivity (Wildman–Crippen MR) is 87.8 cm³/mol. The summed E-state index contributed by atoms with van der Waals surface area (Å²) in [6.45, 7) is 0. The molecule has 0 amide bonds. The molecule has 1 atom stereocenters. The number of rotatable bonds is 17. The number of hydrogen-bond acceptors (Lipinski definition) is 1. The van der Waals surface area contributed by atoms with E-state index in [0.29, 0.717) is 12.8 Å². The first kappa shape index (κ1) is 22.3. The van der Waals surface area contributed by atoms with Gasteiger partial charge in [0.05, 0.1) is 0 Å². The Morgan fingerprint density at radius 3 is 1.22 bits per heavy atom. The second kappa shape index (κ2) is 16.1. The molecule has 1 N–H and O–H groups in total. The Hall–Kier alpha value is -0.740. The highest BCUT2D eigenvalue weighted by atomic mass is 19.3. The van der Waals surface area contributed by atoms with Crippen LogP contribution in [0.15, 0.2) is 0 Å². The average molecular weight is 338 g/mol. The van der Waals surface area contributed by atoms with Crippen molar-refractivity contribution in [2.45, 2.75) is 109 Å². The Bertz CT molecular complexity index is 273. The van der Waals surface area contributed by atoms with Gasteiger partial charge in [0.15, 0.2) is 6.17 Å². The Balaban J connectivity index is 3.07. The topological polar surface area (TPSA) is 37.3 Å². The van der Waals surface area contributed by atoms with Gasteiger partial charge >= 0.3 is 5.97 Å². The number of alkyl halides is 3. The third-order valence-electron chi connectivity index (χ3n) is 4.15. The van der Waals surface area contributed by atoms with Gasteiger partial charge in [-0.25, -0.2) is 18.0 Å². The van der Waals surface area contributed by atoms with Crippen molar-refractivity contribution in [3.8, 4) is 0 Å². The Kier molecular flexibility index (Phi) is 15.6. The van der Waals surface area contributed by atoms with Gasteiger partial charge in [0.25, 0.3) is 0 Å². The van der Waals surface area contributed by atoms with Crippen LogP contribution in [-0.2, 0) is 4.79 Å². The van der Waals surface area contributed by atoms with Gasteiger partial charge in [-0.3, -0.25) is 0 Å². The molecule has 0 aliphatic carbocycles. The molecule has 0 spiro atoms. The highest BCUT2D eigenvalue weighted by Crippen LogP contribution is 2.15. The van der Waals surface area contributed by atoms with E-state index in [1.807, 2.05) is 0 Å².